The monoisotopic (exact) mass is 384 g/mol. The fourth-order valence-electron chi connectivity index (χ4n) is 3.05. The predicted molar refractivity (Wildman–Crippen MR) is 104 cm³/mol. The Labute approximate surface area is 157 Å². The van der Waals surface area contributed by atoms with Gasteiger partial charge in [0.05, 0.1) is 0 Å². The molecule has 1 aliphatic heterocycles. The molecule has 27 heavy (non-hydrogen) atoms. The first-order chi connectivity index (χ1) is 12.7. The zero-order valence-corrected chi connectivity index (χ0v) is 16.2. The zero-order chi connectivity index (χ0) is 19.2. The maximum Gasteiger partial charge on any atom is 0.200 e. The molecule has 140 valence electrons. The summed E-state index contributed by atoms with van der Waals surface area (Å²) in [7, 11) is -3.63. The number of oxime groups is 1. The van der Waals surface area contributed by atoms with E-state index in [0.29, 0.717) is 16.7 Å². The maximum absolute atomic E-state index is 12.7. The SMILES string of the molecule is Cc1ccc(-c2ccc3onc(CS(=O)(=O)C4=NOC(C)(C)C4)c3c2)cc1. The fourth-order valence-corrected chi connectivity index (χ4v) is 4.50. The van der Waals surface area contributed by atoms with Gasteiger partial charge in [-0.3, -0.25) is 0 Å². The van der Waals surface area contributed by atoms with Gasteiger partial charge in [-0.05, 0) is 44.0 Å². The second-order valence-corrected chi connectivity index (χ2v) is 9.47. The molecule has 0 spiro atoms. The number of nitrogens with zero attached hydrogens (tertiary/aromatic N) is 2. The van der Waals surface area contributed by atoms with Crippen LogP contribution in [0.1, 0.15) is 31.5 Å². The Bertz CT molecular complexity index is 1140. The Morgan fingerprint density at radius 1 is 1.07 bits per heavy atom. The molecule has 1 aliphatic rings. The molecule has 1 aromatic heterocycles. The molecule has 3 aromatic rings. The predicted octanol–water partition coefficient (Wildman–Crippen LogP) is 4.23. The lowest BCUT2D eigenvalue weighted by Crippen LogP contribution is -2.23. The van der Waals surface area contributed by atoms with E-state index >= 15 is 0 Å². The molecule has 0 radical (unpaired) electrons. The largest absolute Gasteiger partial charge is 0.389 e. The van der Waals surface area contributed by atoms with E-state index in [1.54, 1.807) is 13.8 Å². The van der Waals surface area contributed by atoms with Crippen LogP contribution in [0.4, 0.5) is 0 Å². The molecular formula is C20H20N2O4S. The highest BCUT2D eigenvalue weighted by Crippen LogP contribution is 2.30. The number of rotatable bonds is 3. The minimum Gasteiger partial charge on any atom is -0.389 e. The highest BCUT2D eigenvalue weighted by atomic mass is 32.2. The van der Waals surface area contributed by atoms with Gasteiger partial charge in [-0.1, -0.05) is 46.2 Å². The van der Waals surface area contributed by atoms with E-state index in [4.69, 9.17) is 9.36 Å². The molecule has 7 heteroatoms. The lowest BCUT2D eigenvalue weighted by molar-refractivity contribution is 0.0123. The van der Waals surface area contributed by atoms with E-state index < -0.39 is 15.4 Å². The molecule has 0 fully saturated rings. The lowest BCUT2D eigenvalue weighted by Gasteiger charge is -2.13. The number of aromatic nitrogens is 1. The normalized spacial score (nSPS) is 16.3. The third-order valence-corrected chi connectivity index (χ3v) is 6.18. The van der Waals surface area contributed by atoms with Crippen molar-refractivity contribution in [1.82, 2.24) is 5.16 Å². The Hall–Kier alpha value is -2.67. The molecule has 4 rings (SSSR count). The summed E-state index contributed by atoms with van der Waals surface area (Å²) in [6, 6.07) is 13.8. The van der Waals surface area contributed by atoms with Crippen LogP contribution in [0.5, 0.6) is 0 Å². The van der Waals surface area contributed by atoms with Gasteiger partial charge in [0.15, 0.2) is 10.6 Å². The number of benzene rings is 2. The minimum atomic E-state index is -3.63. The third kappa shape index (κ3) is 3.47. The first-order valence-corrected chi connectivity index (χ1v) is 10.3. The van der Waals surface area contributed by atoms with Gasteiger partial charge in [-0.15, -0.1) is 0 Å². The van der Waals surface area contributed by atoms with Crippen molar-refractivity contribution < 1.29 is 17.8 Å². The van der Waals surface area contributed by atoms with Gasteiger partial charge in [0, 0.05) is 11.8 Å². The summed E-state index contributed by atoms with van der Waals surface area (Å²) in [5.74, 6) is -0.268. The van der Waals surface area contributed by atoms with Gasteiger partial charge in [-0.25, -0.2) is 8.42 Å². The number of aryl methyl sites for hydroxylation is 1. The molecule has 0 N–H and O–H groups in total. The van der Waals surface area contributed by atoms with E-state index in [2.05, 4.69) is 10.3 Å². The Kier molecular flexibility index (Phi) is 4.07. The van der Waals surface area contributed by atoms with E-state index in [1.165, 1.54) is 5.56 Å². The molecular weight excluding hydrogens is 364 g/mol. The smallest absolute Gasteiger partial charge is 0.200 e. The van der Waals surface area contributed by atoms with Gasteiger partial charge in [0.25, 0.3) is 0 Å². The van der Waals surface area contributed by atoms with Crippen LogP contribution in [-0.4, -0.2) is 24.2 Å². The van der Waals surface area contributed by atoms with Crippen molar-refractivity contribution in [1.29, 1.82) is 0 Å². The van der Waals surface area contributed by atoms with E-state index in [-0.39, 0.29) is 17.2 Å². The maximum atomic E-state index is 12.7. The van der Waals surface area contributed by atoms with Crippen LogP contribution in [0, 0.1) is 6.92 Å². The average Bonchev–Trinajstić information content (AvgIpc) is 3.18. The molecule has 2 heterocycles. The number of sulfone groups is 1. The van der Waals surface area contributed by atoms with Gasteiger partial charge in [0.1, 0.15) is 17.0 Å². The van der Waals surface area contributed by atoms with Gasteiger partial charge >= 0.3 is 0 Å². The van der Waals surface area contributed by atoms with E-state index in [9.17, 15) is 8.42 Å². The van der Waals surface area contributed by atoms with Gasteiger partial charge in [0.2, 0.25) is 9.84 Å². The quantitative estimate of drug-likeness (QED) is 0.675. The van der Waals surface area contributed by atoms with Crippen molar-refractivity contribution >= 4 is 25.9 Å². The second-order valence-electron chi connectivity index (χ2n) is 7.48. The third-order valence-electron chi connectivity index (χ3n) is 4.59. The van der Waals surface area contributed by atoms with Crippen LogP contribution >= 0.6 is 0 Å². The van der Waals surface area contributed by atoms with Crippen molar-refractivity contribution in [3.63, 3.8) is 0 Å². The van der Waals surface area contributed by atoms with Crippen LogP contribution in [0.15, 0.2) is 52.1 Å². The first kappa shape index (κ1) is 17.7. The van der Waals surface area contributed by atoms with Crippen LogP contribution < -0.4 is 0 Å². The number of hydrogen-bond acceptors (Lipinski definition) is 6. The standard InChI is InChI=1S/C20H20N2O4S/c1-13-4-6-14(7-5-13)15-8-9-18-16(10-15)17(21-25-18)12-27(23,24)19-11-20(2,3)26-22-19/h4-10H,11-12H2,1-3H3. The summed E-state index contributed by atoms with van der Waals surface area (Å²) < 4.78 is 30.8. The van der Waals surface area contributed by atoms with E-state index in [1.807, 2.05) is 49.4 Å². The fraction of sp³-hybridized carbons (Fsp3) is 0.300. The summed E-state index contributed by atoms with van der Waals surface area (Å²) in [6.07, 6.45) is 0.250. The highest BCUT2D eigenvalue weighted by molar-refractivity contribution is 8.05. The molecule has 0 aliphatic carbocycles. The summed E-state index contributed by atoms with van der Waals surface area (Å²) in [6.45, 7) is 5.64. The van der Waals surface area contributed by atoms with Crippen molar-refractivity contribution in [2.45, 2.75) is 38.5 Å². The van der Waals surface area contributed by atoms with E-state index in [0.717, 1.165) is 11.1 Å². The van der Waals surface area contributed by atoms with Crippen LogP contribution in [-0.2, 0) is 20.4 Å². The molecule has 0 amide bonds. The summed E-state index contributed by atoms with van der Waals surface area (Å²) in [4.78, 5) is 5.20. The van der Waals surface area contributed by atoms with Crippen LogP contribution in [0.2, 0.25) is 0 Å². The molecule has 0 saturated heterocycles. The Morgan fingerprint density at radius 2 is 1.78 bits per heavy atom. The summed E-state index contributed by atoms with van der Waals surface area (Å²) in [5.41, 5.74) is 3.54. The molecule has 0 atom stereocenters. The van der Waals surface area contributed by atoms with Gasteiger partial charge < -0.3 is 9.36 Å². The van der Waals surface area contributed by atoms with Crippen molar-refractivity contribution in [3.05, 3.63) is 53.7 Å². The summed E-state index contributed by atoms with van der Waals surface area (Å²) in [5, 5.41) is 8.50. The molecule has 6 nitrogen and oxygen atoms in total. The highest BCUT2D eigenvalue weighted by Gasteiger charge is 2.36. The second kappa shape index (κ2) is 6.20. The average molecular weight is 384 g/mol. The van der Waals surface area contributed by atoms with Crippen molar-refractivity contribution in [3.8, 4) is 11.1 Å². The number of fused-ring (bicyclic) bond motifs is 1. The number of hydrogen-bond donors (Lipinski definition) is 0. The van der Waals surface area contributed by atoms with Crippen molar-refractivity contribution in [2.75, 3.05) is 0 Å². The Balaban J connectivity index is 1.68. The van der Waals surface area contributed by atoms with Crippen LogP contribution in [0.3, 0.4) is 0 Å². The molecule has 2 aromatic carbocycles. The minimum absolute atomic E-state index is 0.0540. The van der Waals surface area contributed by atoms with Gasteiger partial charge in [-0.2, -0.15) is 0 Å². The molecule has 0 unspecified atom stereocenters. The first-order valence-electron chi connectivity index (χ1n) is 8.67. The van der Waals surface area contributed by atoms with Crippen LogP contribution in [0.25, 0.3) is 22.1 Å². The zero-order valence-electron chi connectivity index (χ0n) is 15.4. The van der Waals surface area contributed by atoms with Crippen molar-refractivity contribution in [2.24, 2.45) is 5.16 Å². The topological polar surface area (TPSA) is 81.8 Å². The molecule has 0 bridgehead atoms. The summed E-state index contributed by atoms with van der Waals surface area (Å²) >= 11 is 0. The lowest BCUT2D eigenvalue weighted by atomic mass is 10.0. The molecule has 0 saturated carbocycles. The Morgan fingerprint density at radius 3 is 2.44 bits per heavy atom.